The van der Waals surface area contributed by atoms with Gasteiger partial charge in [0.2, 0.25) is 0 Å². The third-order valence-corrected chi connectivity index (χ3v) is 3.56. The summed E-state index contributed by atoms with van der Waals surface area (Å²) in [6.07, 6.45) is 4.27. The van der Waals surface area contributed by atoms with Crippen LogP contribution in [0.4, 0.5) is 0 Å². The van der Waals surface area contributed by atoms with E-state index < -0.39 is 0 Å². The highest BCUT2D eigenvalue weighted by Crippen LogP contribution is 2.18. The van der Waals surface area contributed by atoms with Crippen LogP contribution >= 0.6 is 0 Å². The zero-order chi connectivity index (χ0) is 15.2. The molecule has 0 amide bonds. The van der Waals surface area contributed by atoms with Crippen molar-refractivity contribution in [2.24, 2.45) is 5.92 Å². The molecule has 0 radical (unpaired) electrons. The number of aromatic nitrogens is 3. The van der Waals surface area contributed by atoms with Crippen molar-refractivity contribution in [3.63, 3.8) is 0 Å². The van der Waals surface area contributed by atoms with Gasteiger partial charge in [0, 0.05) is 6.61 Å². The average Bonchev–Trinajstić information content (AvgIpc) is 2.82. The van der Waals surface area contributed by atoms with Crippen LogP contribution in [0.5, 0.6) is 0 Å². The number of carbonyl (C=O) groups excluding carboxylic acids is 1. The van der Waals surface area contributed by atoms with Gasteiger partial charge in [0.25, 0.3) is 0 Å². The van der Waals surface area contributed by atoms with Crippen molar-refractivity contribution in [3.8, 4) is 0 Å². The first-order valence-corrected chi connectivity index (χ1v) is 7.82. The number of hydrogen-bond acceptors (Lipinski definition) is 5. The summed E-state index contributed by atoms with van der Waals surface area (Å²) >= 11 is 0. The minimum Gasteiger partial charge on any atom is -0.461 e. The topological polar surface area (TPSA) is 66.2 Å². The van der Waals surface area contributed by atoms with Crippen LogP contribution in [0.25, 0.3) is 0 Å². The first-order chi connectivity index (χ1) is 10.1. The normalized spacial score (nSPS) is 19.0. The second-order valence-electron chi connectivity index (χ2n) is 5.87. The minimum absolute atomic E-state index is 0.168. The highest BCUT2D eigenvalue weighted by molar-refractivity contribution is 5.88. The molecule has 2 heterocycles. The largest absolute Gasteiger partial charge is 0.461 e. The van der Waals surface area contributed by atoms with E-state index in [1.165, 1.54) is 6.42 Å². The van der Waals surface area contributed by atoms with Crippen LogP contribution in [-0.4, -0.2) is 40.3 Å². The zero-order valence-electron chi connectivity index (χ0n) is 13.2. The molecule has 1 saturated heterocycles. The molecular weight excluding hydrogens is 270 g/mol. The van der Waals surface area contributed by atoms with Gasteiger partial charge < -0.3 is 9.47 Å². The van der Waals surface area contributed by atoms with Crippen molar-refractivity contribution in [3.05, 3.63) is 11.4 Å². The molecule has 1 fully saturated rings. The average molecular weight is 295 g/mol. The highest BCUT2D eigenvalue weighted by Gasteiger charge is 2.24. The molecule has 1 atom stereocenters. The number of hydrogen-bond donors (Lipinski definition) is 0. The summed E-state index contributed by atoms with van der Waals surface area (Å²) in [4.78, 5) is 12.0. The van der Waals surface area contributed by atoms with E-state index in [-0.39, 0.29) is 12.1 Å². The molecular formula is C15H25N3O3. The molecule has 6 nitrogen and oxygen atoms in total. The van der Waals surface area contributed by atoms with Crippen molar-refractivity contribution in [2.75, 3.05) is 13.2 Å². The number of rotatable bonds is 6. The fourth-order valence-corrected chi connectivity index (χ4v) is 2.57. The van der Waals surface area contributed by atoms with Crippen molar-refractivity contribution < 1.29 is 14.3 Å². The van der Waals surface area contributed by atoms with Crippen LogP contribution in [-0.2, 0) is 22.4 Å². The van der Waals surface area contributed by atoms with E-state index in [2.05, 4.69) is 24.2 Å². The molecule has 0 N–H and O–H groups in total. The summed E-state index contributed by atoms with van der Waals surface area (Å²) in [5, 5.41) is 8.19. The van der Waals surface area contributed by atoms with Gasteiger partial charge in [-0.25, -0.2) is 9.48 Å². The Balaban J connectivity index is 2.16. The second-order valence-corrected chi connectivity index (χ2v) is 5.87. The van der Waals surface area contributed by atoms with E-state index in [1.807, 2.05) is 4.68 Å². The van der Waals surface area contributed by atoms with Crippen LogP contribution in [0.2, 0.25) is 0 Å². The van der Waals surface area contributed by atoms with Gasteiger partial charge in [-0.1, -0.05) is 19.1 Å². The monoisotopic (exact) mass is 295 g/mol. The molecule has 1 aliphatic heterocycles. The minimum atomic E-state index is -0.385. The lowest BCUT2D eigenvalue weighted by Crippen LogP contribution is -2.26. The third-order valence-electron chi connectivity index (χ3n) is 3.56. The second kappa shape index (κ2) is 7.54. The summed E-state index contributed by atoms with van der Waals surface area (Å²) in [5.41, 5.74) is 1.21. The van der Waals surface area contributed by atoms with Gasteiger partial charge in [0.05, 0.1) is 24.9 Å². The van der Waals surface area contributed by atoms with Crippen LogP contribution in [0, 0.1) is 5.92 Å². The standard InChI is InChI=1S/C15H25N3O3/c1-4-20-15(19)14-13(9-11(2)3)18(17-16-14)10-12-7-5-6-8-21-12/h11-12H,4-10H2,1-3H3. The molecule has 118 valence electrons. The van der Waals surface area contributed by atoms with Gasteiger partial charge in [0.15, 0.2) is 5.69 Å². The van der Waals surface area contributed by atoms with E-state index in [0.717, 1.165) is 31.6 Å². The lowest BCUT2D eigenvalue weighted by molar-refractivity contribution is 0.00313. The Morgan fingerprint density at radius 3 is 2.90 bits per heavy atom. The zero-order valence-corrected chi connectivity index (χ0v) is 13.2. The summed E-state index contributed by atoms with van der Waals surface area (Å²) in [6, 6.07) is 0. The highest BCUT2D eigenvalue weighted by atomic mass is 16.5. The van der Waals surface area contributed by atoms with Gasteiger partial charge in [-0.05, 0) is 38.5 Å². The number of ether oxygens (including phenoxy) is 2. The number of esters is 1. The molecule has 1 aromatic heterocycles. The summed E-state index contributed by atoms with van der Waals surface area (Å²) < 4.78 is 12.6. The lowest BCUT2D eigenvalue weighted by Gasteiger charge is -2.23. The van der Waals surface area contributed by atoms with Gasteiger partial charge in [-0.15, -0.1) is 5.10 Å². The van der Waals surface area contributed by atoms with E-state index in [4.69, 9.17) is 9.47 Å². The van der Waals surface area contributed by atoms with E-state index in [0.29, 0.717) is 24.8 Å². The molecule has 1 aliphatic rings. The molecule has 1 unspecified atom stereocenters. The third kappa shape index (κ3) is 4.27. The molecule has 0 aromatic carbocycles. The van der Waals surface area contributed by atoms with E-state index >= 15 is 0 Å². The van der Waals surface area contributed by atoms with Crippen LogP contribution in [0.1, 0.15) is 56.2 Å². The maximum absolute atomic E-state index is 12.0. The Labute approximate surface area is 125 Å². The molecule has 0 saturated carbocycles. The molecule has 21 heavy (non-hydrogen) atoms. The smallest absolute Gasteiger partial charge is 0.360 e. The van der Waals surface area contributed by atoms with E-state index in [1.54, 1.807) is 6.92 Å². The van der Waals surface area contributed by atoms with Crippen molar-refractivity contribution in [1.82, 2.24) is 15.0 Å². The first kappa shape index (κ1) is 15.9. The summed E-state index contributed by atoms with van der Waals surface area (Å²) in [5.74, 6) is 0.0339. The van der Waals surface area contributed by atoms with Crippen LogP contribution in [0.3, 0.4) is 0 Å². The van der Waals surface area contributed by atoms with Gasteiger partial charge in [-0.2, -0.15) is 0 Å². The number of nitrogens with zero attached hydrogens (tertiary/aromatic N) is 3. The molecule has 0 spiro atoms. The molecule has 2 rings (SSSR count). The Morgan fingerprint density at radius 1 is 1.48 bits per heavy atom. The quantitative estimate of drug-likeness (QED) is 0.753. The van der Waals surface area contributed by atoms with Crippen molar-refractivity contribution in [1.29, 1.82) is 0 Å². The Morgan fingerprint density at radius 2 is 2.29 bits per heavy atom. The Kier molecular flexibility index (Phi) is 5.73. The van der Waals surface area contributed by atoms with E-state index in [9.17, 15) is 4.79 Å². The lowest BCUT2D eigenvalue weighted by atomic mass is 10.1. The van der Waals surface area contributed by atoms with Crippen LogP contribution in [0.15, 0.2) is 0 Å². The van der Waals surface area contributed by atoms with Crippen molar-refractivity contribution >= 4 is 5.97 Å². The van der Waals surface area contributed by atoms with Gasteiger partial charge in [0.1, 0.15) is 0 Å². The fraction of sp³-hybridized carbons (Fsp3) is 0.800. The predicted molar refractivity (Wildman–Crippen MR) is 78.1 cm³/mol. The molecule has 1 aromatic rings. The maximum Gasteiger partial charge on any atom is 0.360 e. The number of carbonyl (C=O) groups is 1. The molecule has 0 bridgehead atoms. The molecule has 0 aliphatic carbocycles. The Bertz CT molecular complexity index is 465. The SMILES string of the molecule is CCOC(=O)c1nnn(CC2CCCCO2)c1CC(C)C. The fourth-order valence-electron chi connectivity index (χ4n) is 2.57. The summed E-state index contributed by atoms with van der Waals surface area (Å²) in [6.45, 7) is 7.84. The maximum atomic E-state index is 12.0. The summed E-state index contributed by atoms with van der Waals surface area (Å²) in [7, 11) is 0. The molecule has 6 heteroatoms. The van der Waals surface area contributed by atoms with Gasteiger partial charge >= 0.3 is 5.97 Å². The van der Waals surface area contributed by atoms with Crippen LogP contribution < -0.4 is 0 Å². The first-order valence-electron chi connectivity index (χ1n) is 7.82. The predicted octanol–water partition coefficient (Wildman–Crippen LogP) is 2.22. The van der Waals surface area contributed by atoms with Gasteiger partial charge in [-0.3, -0.25) is 0 Å². The Hall–Kier alpha value is -1.43. The van der Waals surface area contributed by atoms with Crippen molar-refractivity contribution in [2.45, 2.75) is 59.1 Å².